The number of nitro benzene ring substituents is 1. The number of amides is 1. The van der Waals surface area contributed by atoms with E-state index in [9.17, 15) is 14.9 Å². The van der Waals surface area contributed by atoms with Gasteiger partial charge in [0.25, 0.3) is 11.6 Å². The van der Waals surface area contributed by atoms with E-state index in [2.05, 4.69) is 5.32 Å². The molecule has 1 unspecified atom stereocenters. The van der Waals surface area contributed by atoms with Crippen LogP contribution < -0.4 is 11.1 Å². The summed E-state index contributed by atoms with van der Waals surface area (Å²) >= 11 is 0. The average molecular weight is 325 g/mol. The van der Waals surface area contributed by atoms with Gasteiger partial charge < -0.3 is 11.1 Å². The number of rotatable bonds is 3. The maximum atomic E-state index is 12.6. The number of nitrogens with two attached hydrogens (primary N) is 1. The first kappa shape index (κ1) is 16.0. The van der Waals surface area contributed by atoms with Gasteiger partial charge in [0.15, 0.2) is 0 Å². The molecule has 0 spiro atoms. The molecule has 0 heterocycles. The smallest absolute Gasteiger partial charge is 0.273 e. The Hall–Kier alpha value is -2.89. The molecular formula is C18H19N3O3. The summed E-state index contributed by atoms with van der Waals surface area (Å²) in [6, 6.07) is 10.2. The topological polar surface area (TPSA) is 98.3 Å². The summed E-state index contributed by atoms with van der Waals surface area (Å²) in [6.45, 7) is 1.60. The number of aryl methyl sites for hydroxylation is 1. The summed E-state index contributed by atoms with van der Waals surface area (Å²) in [5.41, 5.74) is 9.46. The number of hydrogen-bond donors (Lipinski definition) is 2. The molecule has 0 saturated carbocycles. The first-order valence-corrected chi connectivity index (χ1v) is 7.90. The van der Waals surface area contributed by atoms with Gasteiger partial charge in [-0.25, -0.2) is 0 Å². The number of carbonyl (C=O) groups excluding carboxylic acids is 1. The van der Waals surface area contributed by atoms with Gasteiger partial charge in [-0.1, -0.05) is 12.1 Å². The molecule has 0 fully saturated rings. The maximum absolute atomic E-state index is 12.6. The molecule has 2 aromatic rings. The molecule has 1 aliphatic rings. The van der Waals surface area contributed by atoms with Crippen LogP contribution in [-0.2, 0) is 6.42 Å². The van der Waals surface area contributed by atoms with Gasteiger partial charge in [0, 0.05) is 22.9 Å². The van der Waals surface area contributed by atoms with Crippen molar-refractivity contribution in [3.8, 4) is 0 Å². The lowest BCUT2D eigenvalue weighted by Crippen LogP contribution is -2.31. The molecule has 0 aromatic heterocycles. The number of nitro groups is 1. The average Bonchev–Trinajstić information content (AvgIpc) is 2.54. The van der Waals surface area contributed by atoms with Crippen LogP contribution in [0.2, 0.25) is 0 Å². The predicted octanol–water partition coefficient (Wildman–Crippen LogP) is 3.29. The Kier molecular flexibility index (Phi) is 4.20. The van der Waals surface area contributed by atoms with Crippen LogP contribution in [0.3, 0.4) is 0 Å². The Morgan fingerprint density at radius 3 is 2.88 bits per heavy atom. The highest BCUT2D eigenvalue weighted by molar-refractivity contribution is 5.96. The lowest BCUT2D eigenvalue weighted by Gasteiger charge is -2.27. The molecule has 0 radical (unpaired) electrons. The number of fused-ring (bicyclic) bond motifs is 1. The van der Waals surface area contributed by atoms with Gasteiger partial charge in [-0.2, -0.15) is 0 Å². The molecular weight excluding hydrogens is 306 g/mol. The Morgan fingerprint density at radius 2 is 2.12 bits per heavy atom. The Balaban J connectivity index is 1.87. The molecule has 1 aliphatic carbocycles. The minimum Gasteiger partial charge on any atom is -0.399 e. The Labute approximate surface area is 139 Å². The molecule has 6 heteroatoms. The summed E-state index contributed by atoms with van der Waals surface area (Å²) < 4.78 is 0. The van der Waals surface area contributed by atoms with Crippen LogP contribution in [0.15, 0.2) is 36.4 Å². The molecule has 3 N–H and O–H groups in total. The highest BCUT2D eigenvalue weighted by atomic mass is 16.6. The molecule has 3 rings (SSSR count). The largest absolute Gasteiger partial charge is 0.399 e. The summed E-state index contributed by atoms with van der Waals surface area (Å²) in [6.07, 6.45) is 2.76. The fourth-order valence-corrected chi connectivity index (χ4v) is 3.29. The normalized spacial score (nSPS) is 16.3. The molecule has 124 valence electrons. The van der Waals surface area contributed by atoms with Crippen molar-refractivity contribution in [1.29, 1.82) is 0 Å². The highest BCUT2D eigenvalue weighted by Gasteiger charge is 2.24. The zero-order valence-corrected chi connectivity index (χ0v) is 13.4. The molecule has 6 nitrogen and oxygen atoms in total. The Bertz CT molecular complexity index is 817. The second-order valence-corrected chi connectivity index (χ2v) is 6.08. The van der Waals surface area contributed by atoms with Crippen LogP contribution in [0.4, 0.5) is 11.4 Å². The van der Waals surface area contributed by atoms with Crippen LogP contribution in [0.5, 0.6) is 0 Å². The zero-order valence-electron chi connectivity index (χ0n) is 13.4. The van der Waals surface area contributed by atoms with E-state index in [1.165, 1.54) is 12.1 Å². The lowest BCUT2D eigenvalue weighted by atomic mass is 9.87. The first-order chi connectivity index (χ1) is 11.5. The summed E-state index contributed by atoms with van der Waals surface area (Å²) in [5.74, 6) is -0.286. The molecule has 2 aromatic carbocycles. The van der Waals surface area contributed by atoms with E-state index in [0.29, 0.717) is 11.1 Å². The van der Waals surface area contributed by atoms with Crippen molar-refractivity contribution in [3.05, 3.63) is 68.8 Å². The Morgan fingerprint density at radius 1 is 1.33 bits per heavy atom. The van der Waals surface area contributed by atoms with Gasteiger partial charge in [-0.15, -0.1) is 0 Å². The van der Waals surface area contributed by atoms with Gasteiger partial charge in [-0.05, 0) is 55.5 Å². The number of anilines is 1. The standard InChI is InChI=1S/C18H19N3O3/c1-11-14(5-3-7-17(11)21(23)24)18(22)20-16-6-2-4-12-10-13(19)8-9-15(12)16/h3,5,7-10,16H,2,4,6,19H2,1H3,(H,20,22). The second-order valence-electron chi connectivity index (χ2n) is 6.08. The van der Waals surface area contributed by atoms with Crippen molar-refractivity contribution in [1.82, 2.24) is 5.32 Å². The molecule has 24 heavy (non-hydrogen) atoms. The molecule has 1 atom stereocenters. The number of nitrogens with one attached hydrogen (secondary N) is 1. The second kappa shape index (κ2) is 6.31. The van der Waals surface area contributed by atoms with Gasteiger partial charge in [0.05, 0.1) is 11.0 Å². The third-order valence-electron chi connectivity index (χ3n) is 4.53. The first-order valence-electron chi connectivity index (χ1n) is 7.90. The van der Waals surface area contributed by atoms with Crippen molar-refractivity contribution in [2.75, 3.05) is 5.73 Å². The highest BCUT2D eigenvalue weighted by Crippen LogP contribution is 2.31. The minimum atomic E-state index is -0.467. The van der Waals surface area contributed by atoms with E-state index in [0.717, 1.165) is 36.1 Å². The maximum Gasteiger partial charge on any atom is 0.273 e. The van der Waals surface area contributed by atoms with Crippen molar-refractivity contribution < 1.29 is 9.72 Å². The fraction of sp³-hybridized carbons (Fsp3) is 0.278. The number of benzene rings is 2. The van der Waals surface area contributed by atoms with Gasteiger partial charge in [0.2, 0.25) is 0 Å². The fourth-order valence-electron chi connectivity index (χ4n) is 3.29. The van der Waals surface area contributed by atoms with Crippen molar-refractivity contribution in [2.24, 2.45) is 0 Å². The predicted molar refractivity (Wildman–Crippen MR) is 91.8 cm³/mol. The van der Waals surface area contributed by atoms with E-state index < -0.39 is 4.92 Å². The van der Waals surface area contributed by atoms with E-state index in [1.807, 2.05) is 18.2 Å². The van der Waals surface area contributed by atoms with E-state index in [1.54, 1.807) is 13.0 Å². The number of hydrogen-bond acceptors (Lipinski definition) is 4. The lowest BCUT2D eigenvalue weighted by molar-refractivity contribution is -0.385. The third-order valence-corrected chi connectivity index (χ3v) is 4.53. The molecule has 1 amide bonds. The number of nitrogen functional groups attached to an aromatic ring is 1. The van der Waals surface area contributed by atoms with Gasteiger partial charge in [-0.3, -0.25) is 14.9 Å². The summed E-state index contributed by atoms with van der Waals surface area (Å²) in [5, 5.41) is 14.1. The van der Waals surface area contributed by atoms with Crippen LogP contribution in [-0.4, -0.2) is 10.8 Å². The van der Waals surface area contributed by atoms with Gasteiger partial charge in [0.1, 0.15) is 0 Å². The van der Waals surface area contributed by atoms with Gasteiger partial charge >= 0.3 is 0 Å². The molecule has 0 saturated heterocycles. The van der Waals surface area contributed by atoms with Crippen molar-refractivity contribution in [3.63, 3.8) is 0 Å². The van der Waals surface area contributed by atoms with Crippen LogP contribution >= 0.6 is 0 Å². The zero-order chi connectivity index (χ0) is 17.3. The SMILES string of the molecule is Cc1c(C(=O)NC2CCCc3cc(N)ccc32)cccc1[N+](=O)[O-]. The molecule has 0 bridgehead atoms. The van der Waals surface area contributed by atoms with E-state index >= 15 is 0 Å². The summed E-state index contributed by atoms with van der Waals surface area (Å²) in [4.78, 5) is 23.2. The van der Waals surface area contributed by atoms with Crippen molar-refractivity contribution >= 4 is 17.3 Å². The minimum absolute atomic E-state index is 0.0422. The quantitative estimate of drug-likeness (QED) is 0.514. The van der Waals surface area contributed by atoms with E-state index in [4.69, 9.17) is 5.73 Å². The van der Waals surface area contributed by atoms with Crippen molar-refractivity contribution in [2.45, 2.75) is 32.2 Å². The number of nitrogens with zero attached hydrogens (tertiary/aromatic N) is 1. The monoisotopic (exact) mass is 325 g/mol. The van der Waals surface area contributed by atoms with Crippen LogP contribution in [0.1, 0.15) is 45.9 Å². The number of carbonyl (C=O) groups is 1. The van der Waals surface area contributed by atoms with E-state index in [-0.39, 0.29) is 17.6 Å². The van der Waals surface area contributed by atoms with Crippen LogP contribution in [0, 0.1) is 17.0 Å². The third kappa shape index (κ3) is 2.95. The summed E-state index contributed by atoms with van der Waals surface area (Å²) in [7, 11) is 0. The molecule has 0 aliphatic heterocycles. The van der Waals surface area contributed by atoms with Crippen LogP contribution in [0.25, 0.3) is 0 Å².